The number of nitrogens with two attached hydrogens (primary N) is 1. The van der Waals surface area contributed by atoms with Crippen LogP contribution in [0.4, 0.5) is 10.1 Å². The molecule has 0 saturated heterocycles. The molecule has 2 aromatic carbocycles. The quantitative estimate of drug-likeness (QED) is 0.499. The van der Waals surface area contributed by atoms with Gasteiger partial charge in [0.05, 0.1) is 18.0 Å². The highest BCUT2D eigenvalue weighted by molar-refractivity contribution is 8.00. The van der Waals surface area contributed by atoms with Crippen LogP contribution in [-0.4, -0.2) is 33.1 Å². The lowest BCUT2D eigenvalue weighted by molar-refractivity contribution is -0.115. The molecule has 3 rings (SSSR count). The van der Waals surface area contributed by atoms with Crippen LogP contribution in [0.15, 0.2) is 53.7 Å². The van der Waals surface area contributed by atoms with Gasteiger partial charge in [-0.3, -0.25) is 4.79 Å². The van der Waals surface area contributed by atoms with Crippen LogP contribution in [0, 0.1) is 5.82 Å². The van der Waals surface area contributed by atoms with Crippen LogP contribution in [0.5, 0.6) is 5.75 Å². The molecule has 0 spiro atoms. The van der Waals surface area contributed by atoms with Gasteiger partial charge in [0.2, 0.25) is 11.1 Å². The molecule has 1 amide bonds. The van der Waals surface area contributed by atoms with Crippen LogP contribution in [0.25, 0.3) is 11.4 Å². The number of anilines is 1. The molecule has 7 nitrogen and oxygen atoms in total. The van der Waals surface area contributed by atoms with Gasteiger partial charge in [-0.2, -0.15) is 0 Å². The normalized spacial score (nSPS) is 11.8. The fraction of sp³-hybridized carbons (Fsp3) is 0.167. The van der Waals surface area contributed by atoms with Crippen molar-refractivity contribution in [2.24, 2.45) is 0 Å². The standard InChI is InChI=1S/C18H18FN5O2S/c1-11(17(25)21-14-5-3-4-6-15(14)26-2)27-18-23-22-16(24(18)20)12-7-9-13(19)10-8-12/h3-11H,20H2,1-2H3,(H,21,25)/t11-/m0/s1. The molecular formula is C18H18FN5O2S. The molecule has 1 atom stereocenters. The number of methoxy groups -OCH3 is 1. The van der Waals surface area contributed by atoms with Gasteiger partial charge < -0.3 is 15.9 Å². The van der Waals surface area contributed by atoms with E-state index in [9.17, 15) is 9.18 Å². The number of nitrogen functional groups attached to an aromatic ring is 1. The number of para-hydroxylation sites is 2. The lowest BCUT2D eigenvalue weighted by Gasteiger charge is -2.13. The number of amides is 1. The summed E-state index contributed by atoms with van der Waals surface area (Å²) in [5, 5.41) is 10.8. The fourth-order valence-corrected chi connectivity index (χ4v) is 3.12. The zero-order valence-electron chi connectivity index (χ0n) is 14.7. The number of ether oxygens (including phenoxy) is 1. The van der Waals surface area contributed by atoms with Crippen molar-refractivity contribution in [3.8, 4) is 17.1 Å². The van der Waals surface area contributed by atoms with Crippen LogP contribution in [0.2, 0.25) is 0 Å². The summed E-state index contributed by atoms with van der Waals surface area (Å²) in [7, 11) is 1.54. The van der Waals surface area contributed by atoms with Crippen LogP contribution in [-0.2, 0) is 4.79 Å². The lowest BCUT2D eigenvalue weighted by Crippen LogP contribution is -2.24. The Bertz CT molecular complexity index is 945. The number of hydrogen-bond donors (Lipinski definition) is 2. The second kappa shape index (κ2) is 8.09. The van der Waals surface area contributed by atoms with Crippen molar-refractivity contribution in [3.63, 3.8) is 0 Å². The first-order valence-electron chi connectivity index (χ1n) is 8.06. The van der Waals surface area contributed by atoms with Gasteiger partial charge >= 0.3 is 0 Å². The topological polar surface area (TPSA) is 95.1 Å². The highest BCUT2D eigenvalue weighted by Gasteiger charge is 2.21. The Labute approximate surface area is 159 Å². The molecule has 0 bridgehead atoms. The summed E-state index contributed by atoms with van der Waals surface area (Å²) in [4.78, 5) is 12.5. The highest BCUT2D eigenvalue weighted by Crippen LogP contribution is 2.27. The monoisotopic (exact) mass is 387 g/mol. The number of rotatable bonds is 6. The first kappa shape index (κ1) is 18.7. The fourth-order valence-electron chi connectivity index (χ4n) is 2.35. The zero-order valence-corrected chi connectivity index (χ0v) is 15.5. The van der Waals surface area contributed by atoms with E-state index in [0.717, 1.165) is 0 Å². The number of nitrogens with one attached hydrogen (secondary N) is 1. The van der Waals surface area contributed by atoms with Gasteiger partial charge in [0, 0.05) is 5.56 Å². The molecular weight excluding hydrogens is 369 g/mol. The van der Waals surface area contributed by atoms with E-state index in [4.69, 9.17) is 10.6 Å². The molecule has 0 saturated carbocycles. The van der Waals surface area contributed by atoms with Crippen molar-refractivity contribution >= 4 is 23.4 Å². The highest BCUT2D eigenvalue weighted by atomic mass is 32.2. The summed E-state index contributed by atoms with van der Waals surface area (Å²) in [6.07, 6.45) is 0. The van der Waals surface area contributed by atoms with Gasteiger partial charge in [-0.05, 0) is 43.3 Å². The van der Waals surface area contributed by atoms with Crippen LogP contribution < -0.4 is 15.9 Å². The molecule has 27 heavy (non-hydrogen) atoms. The maximum atomic E-state index is 13.1. The van der Waals surface area contributed by atoms with E-state index in [-0.39, 0.29) is 11.7 Å². The maximum absolute atomic E-state index is 13.1. The number of thioether (sulfide) groups is 1. The first-order chi connectivity index (χ1) is 13.0. The largest absolute Gasteiger partial charge is 0.495 e. The second-order valence-electron chi connectivity index (χ2n) is 5.63. The predicted molar refractivity (Wildman–Crippen MR) is 103 cm³/mol. The van der Waals surface area contributed by atoms with Crippen molar-refractivity contribution < 1.29 is 13.9 Å². The number of carbonyl (C=O) groups is 1. The Morgan fingerprint density at radius 2 is 1.93 bits per heavy atom. The lowest BCUT2D eigenvalue weighted by atomic mass is 10.2. The van der Waals surface area contributed by atoms with E-state index in [2.05, 4.69) is 15.5 Å². The Morgan fingerprint density at radius 1 is 1.22 bits per heavy atom. The van der Waals surface area contributed by atoms with Gasteiger partial charge in [-0.1, -0.05) is 23.9 Å². The molecule has 0 aliphatic rings. The molecule has 0 aliphatic heterocycles. The number of aromatic nitrogens is 3. The number of nitrogens with zero attached hydrogens (tertiary/aromatic N) is 3. The maximum Gasteiger partial charge on any atom is 0.237 e. The van der Waals surface area contributed by atoms with E-state index in [1.54, 1.807) is 37.3 Å². The van der Waals surface area contributed by atoms with Crippen LogP contribution >= 0.6 is 11.8 Å². The minimum atomic E-state index is -0.484. The van der Waals surface area contributed by atoms with E-state index >= 15 is 0 Å². The van der Waals surface area contributed by atoms with Gasteiger partial charge in [-0.25, -0.2) is 9.07 Å². The molecule has 1 aromatic heterocycles. The minimum Gasteiger partial charge on any atom is -0.495 e. The third kappa shape index (κ3) is 4.20. The average Bonchev–Trinajstić information content (AvgIpc) is 3.03. The van der Waals surface area contributed by atoms with Gasteiger partial charge in [0.25, 0.3) is 0 Å². The smallest absolute Gasteiger partial charge is 0.237 e. The summed E-state index contributed by atoms with van der Waals surface area (Å²) >= 11 is 1.17. The van der Waals surface area contributed by atoms with Crippen molar-refractivity contribution in [1.29, 1.82) is 0 Å². The van der Waals surface area contributed by atoms with Crippen molar-refractivity contribution in [3.05, 3.63) is 54.3 Å². The Kier molecular flexibility index (Phi) is 5.60. The third-order valence-electron chi connectivity index (χ3n) is 3.78. The molecule has 0 radical (unpaired) electrons. The summed E-state index contributed by atoms with van der Waals surface area (Å²) < 4.78 is 19.6. The van der Waals surface area contributed by atoms with Crippen molar-refractivity contribution in [2.45, 2.75) is 17.3 Å². The summed E-state index contributed by atoms with van der Waals surface area (Å²) in [6, 6.07) is 12.9. The SMILES string of the molecule is COc1ccccc1NC(=O)[C@H](C)Sc1nnc(-c2ccc(F)cc2)n1N. The number of hydrogen-bond acceptors (Lipinski definition) is 6. The summed E-state index contributed by atoms with van der Waals surface area (Å²) in [5.74, 6) is 6.43. The summed E-state index contributed by atoms with van der Waals surface area (Å²) in [5.41, 5.74) is 1.21. The van der Waals surface area contributed by atoms with E-state index in [1.165, 1.54) is 35.7 Å². The number of halogens is 1. The van der Waals surface area contributed by atoms with Gasteiger partial charge in [-0.15, -0.1) is 10.2 Å². The Balaban J connectivity index is 1.71. The van der Waals surface area contributed by atoms with Crippen LogP contribution in [0.3, 0.4) is 0 Å². The first-order valence-corrected chi connectivity index (χ1v) is 8.94. The molecule has 9 heteroatoms. The predicted octanol–water partition coefficient (Wildman–Crippen LogP) is 2.93. The molecule has 0 aliphatic carbocycles. The van der Waals surface area contributed by atoms with Gasteiger partial charge in [0.15, 0.2) is 5.82 Å². The van der Waals surface area contributed by atoms with Gasteiger partial charge in [0.1, 0.15) is 11.6 Å². The molecule has 140 valence electrons. The summed E-state index contributed by atoms with van der Waals surface area (Å²) in [6.45, 7) is 1.74. The van der Waals surface area contributed by atoms with Crippen molar-refractivity contribution in [1.82, 2.24) is 14.9 Å². The molecule has 0 unspecified atom stereocenters. The third-order valence-corrected chi connectivity index (χ3v) is 4.84. The second-order valence-corrected chi connectivity index (χ2v) is 6.94. The molecule has 1 heterocycles. The Hall–Kier alpha value is -3.07. The van der Waals surface area contributed by atoms with Crippen molar-refractivity contribution in [2.75, 3.05) is 18.3 Å². The average molecular weight is 387 g/mol. The van der Waals surface area contributed by atoms with E-state index in [1.807, 2.05) is 6.07 Å². The Morgan fingerprint density at radius 3 is 2.63 bits per heavy atom. The number of benzene rings is 2. The molecule has 3 N–H and O–H groups in total. The molecule has 3 aromatic rings. The minimum absolute atomic E-state index is 0.226. The van der Waals surface area contributed by atoms with Crippen LogP contribution in [0.1, 0.15) is 6.92 Å². The van der Waals surface area contributed by atoms with E-state index in [0.29, 0.717) is 28.0 Å². The number of carbonyl (C=O) groups excluding carboxylic acids is 1. The zero-order chi connectivity index (χ0) is 19.4. The van der Waals surface area contributed by atoms with E-state index < -0.39 is 5.25 Å². The molecule has 0 fully saturated rings.